The van der Waals surface area contributed by atoms with Crippen molar-refractivity contribution in [3.8, 4) is 0 Å². The predicted octanol–water partition coefficient (Wildman–Crippen LogP) is 6.01. The molecule has 4 rings (SSSR count). The van der Waals surface area contributed by atoms with Gasteiger partial charge in [-0.15, -0.1) is 0 Å². The fraction of sp³-hybridized carbons (Fsp3) is 0.294. The Balaban J connectivity index is 1.96. The average molecular weight is 588 g/mol. The number of carbonyl (C=O) groups excluding carboxylic acids is 2. The molecule has 3 aromatic carbocycles. The number of hydrogen-bond acceptors (Lipinski definition) is 6. The van der Waals surface area contributed by atoms with Gasteiger partial charge in [-0.1, -0.05) is 90.5 Å². The fourth-order valence-corrected chi connectivity index (χ4v) is 6.20. The van der Waals surface area contributed by atoms with Gasteiger partial charge in [-0.05, 0) is 69.9 Å². The molecule has 0 heterocycles. The van der Waals surface area contributed by atoms with Crippen LogP contribution < -0.4 is 4.72 Å². The molecule has 0 aliphatic heterocycles. The maximum absolute atomic E-state index is 14.2. The van der Waals surface area contributed by atoms with Crippen LogP contribution in [0, 0.1) is 12.3 Å². The van der Waals surface area contributed by atoms with Gasteiger partial charge in [0.2, 0.25) is 0 Å². The number of allylic oxidation sites excluding steroid dienone is 2. The number of nitrogens with one attached hydrogen (secondary N) is 1. The van der Waals surface area contributed by atoms with E-state index >= 15 is 0 Å². The Morgan fingerprint density at radius 3 is 2.07 bits per heavy atom. The van der Waals surface area contributed by atoms with Crippen LogP contribution in [0.3, 0.4) is 0 Å². The Bertz CT molecular complexity index is 1590. The minimum Gasteiger partial charge on any atom is -0.461 e. The van der Waals surface area contributed by atoms with Crippen LogP contribution in [-0.2, 0) is 35.5 Å². The van der Waals surface area contributed by atoms with E-state index < -0.39 is 38.9 Å². The van der Waals surface area contributed by atoms with Crippen LogP contribution in [0.2, 0.25) is 0 Å². The molecule has 0 unspecified atom stereocenters. The molecular weight excluding hydrogens is 550 g/mol. The lowest BCUT2D eigenvalue weighted by atomic mass is 9.69. The second kappa shape index (κ2) is 12.4. The van der Waals surface area contributed by atoms with Gasteiger partial charge < -0.3 is 9.47 Å². The quantitative estimate of drug-likeness (QED) is 0.243. The van der Waals surface area contributed by atoms with E-state index in [1.54, 1.807) is 52.0 Å². The van der Waals surface area contributed by atoms with Gasteiger partial charge in [0.25, 0.3) is 10.0 Å². The lowest BCUT2D eigenvalue weighted by Gasteiger charge is -2.36. The second-order valence-corrected chi connectivity index (χ2v) is 13.0. The third kappa shape index (κ3) is 6.82. The van der Waals surface area contributed by atoms with Gasteiger partial charge in [-0.2, -0.15) is 0 Å². The zero-order chi connectivity index (χ0) is 30.5. The number of ether oxygens (including phenoxy) is 2. The van der Waals surface area contributed by atoms with Crippen molar-refractivity contribution >= 4 is 22.0 Å². The van der Waals surface area contributed by atoms with Gasteiger partial charge in [0, 0.05) is 5.92 Å². The van der Waals surface area contributed by atoms with Gasteiger partial charge >= 0.3 is 11.9 Å². The third-order valence-corrected chi connectivity index (χ3v) is 8.34. The minimum absolute atomic E-state index is 0.00331. The summed E-state index contributed by atoms with van der Waals surface area (Å²) in [4.78, 5) is 27.7. The summed E-state index contributed by atoms with van der Waals surface area (Å²) in [5, 5.41) is 0. The number of esters is 2. The number of carbonyl (C=O) groups is 2. The van der Waals surface area contributed by atoms with E-state index in [4.69, 9.17) is 9.47 Å². The molecule has 1 aliphatic carbocycles. The first-order valence-corrected chi connectivity index (χ1v) is 15.4. The Hall–Kier alpha value is -4.17. The topological polar surface area (TPSA) is 98.8 Å². The molecule has 1 aliphatic rings. The van der Waals surface area contributed by atoms with Gasteiger partial charge in [-0.25, -0.2) is 13.2 Å². The Labute approximate surface area is 248 Å². The number of hydrogen-bond donors (Lipinski definition) is 1. The summed E-state index contributed by atoms with van der Waals surface area (Å²) in [5.41, 5.74) is 0.475. The molecule has 3 aromatic rings. The molecule has 0 saturated carbocycles. The molecule has 0 radical (unpaired) electrons. The molecular formula is C34H37NO6S. The minimum atomic E-state index is -4.19. The highest BCUT2D eigenvalue weighted by Crippen LogP contribution is 2.52. The number of rotatable bonds is 9. The highest BCUT2D eigenvalue weighted by molar-refractivity contribution is 7.89. The van der Waals surface area contributed by atoms with Crippen LogP contribution in [-0.4, -0.2) is 32.6 Å². The smallest absolute Gasteiger partial charge is 0.355 e. The molecule has 2 atom stereocenters. The van der Waals surface area contributed by atoms with Crippen molar-refractivity contribution in [2.24, 2.45) is 5.41 Å². The van der Waals surface area contributed by atoms with E-state index in [-0.39, 0.29) is 23.6 Å². The monoisotopic (exact) mass is 587 g/mol. The molecule has 0 saturated heterocycles. The summed E-state index contributed by atoms with van der Waals surface area (Å²) in [6, 6.07) is 25.1. The average Bonchev–Trinajstić information content (AvgIpc) is 3.32. The third-order valence-electron chi connectivity index (χ3n) is 6.97. The van der Waals surface area contributed by atoms with Crippen LogP contribution in [0.15, 0.2) is 113 Å². The Kier molecular flexibility index (Phi) is 9.06. The van der Waals surface area contributed by atoms with Crippen molar-refractivity contribution in [3.05, 3.63) is 125 Å². The highest BCUT2D eigenvalue weighted by Gasteiger charge is 2.52. The second-order valence-electron chi connectivity index (χ2n) is 11.4. The zero-order valence-corrected chi connectivity index (χ0v) is 25.4. The molecule has 0 spiro atoms. The molecule has 0 aromatic heterocycles. The van der Waals surface area contributed by atoms with E-state index in [2.05, 4.69) is 4.72 Å². The first-order valence-electron chi connectivity index (χ1n) is 13.9. The summed E-state index contributed by atoms with van der Waals surface area (Å²) < 4.78 is 41.0. The fourth-order valence-electron chi connectivity index (χ4n) is 5.12. The van der Waals surface area contributed by atoms with Gasteiger partial charge in [0.15, 0.2) is 0 Å². The van der Waals surface area contributed by atoms with E-state index in [0.717, 1.165) is 16.7 Å². The lowest BCUT2D eigenvalue weighted by molar-refractivity contribution is -0.165. The van der Waals surface area contributed by atoms with E-state index in [1.165, 1.54) is 12.1 Å². The standard InChI is InChI=1S/C34H37NO6S/c1-6-40-31(36)30(35-42(38,39)27-19-17-24(2)18-20-27)28-21-22-34(32(37)41-33(3,4)5,23-25-13-9-7-10-14-25)29(28)26-15-11-8-12-16-26/h7-22,29,35H,6,23H2,1-5H3/b30-28+/t29-,34+/m0/s1. The summed E-state index contributed by atoms with van der Waals surface area (Å²) in [6.45, 7) is 8.93. The van der Waals surface area contributed by atoms with Gasteiger partial charge in [0.1, 0.15) is 16.7 Å². The van der Waals surface area contributed by atoms with Crippen LogP contribution in [0.5, 0.6) is 0 Å². The first kappa shape index (κ1) is 30.8. The SMILES string of the molecule is CCOC(=O)/C(NS(=O)(=O)c1ccc(C)cc1)=C1/C=C[C@](Cc2ccccc2)(C(=O)OC(C)(C)C)[C@H]1c1ccccc1. The maximum Gasteiger partial charge on any atom is 0.355 e. The largest absolute Gasteiger partial charge is 0.461 e. The lowest BCUT2D eigenvalue weighted by Crippen LogP contribution is -2.42. The van der Waals surface area contributed by atoms with Gasteiger partial charge in [0.05, 0.1) is 11.5 Å². The molecule has 1 N–H and O–H groups in total. The molecule has 7 nitrogen and oxygen atoms in total. The Morgan fingerprint density at radius 1 is 0.905 bits per heavy atom. The molecule has 42 heavy (non-hydrogen) atoms. The molecule has 8 heteroatoms. The van der Waals surface area contributed by atoms with Crippen molar-refractivity contribution in [1.82, 2.24) is 4.72 Å². The van der Waals surface area contributed by atoms with Crippen LogP contribution >= 0.6 is 0 Å². The molecule has 0 fully saturated rings. The summed E-state index contributed by atoms with van der Waals surface area (Å²) in [5.74, 6) is -2.09. The maximum atomic E-state index is 14.2. The zero-order valence-electron chi connectivity index (χ0n) is 24.6. The van der Waals surface area contributed by atoms with Crippen molar-refractivity contribution < 1.29 is 27.5 Å². The molecule has 220 valence electrons. The van der Waals surface area contributed by atoms with Crippen LogP contribution in [0.4, 0.5) is 0 Å². The number of benzene rings is 3. The summed E-state index contributed by atoms with van der Waals surface area (Å²) in [7, 11) is -4.19. The highest BCUT2D eigenvalue weighted by atomic mass is 32.2. The van der Waals surface area contributed by atoms with Crippen LogP contribution in [0.25, 0.3) is 0 Å². The van der Waals surface area contributed by atoms with Crippen molar-refractivity contribution in [3.63, 3.8) is 0 Å². The predicted molar refractivity (Wildman–Crippen MR) is 162 cm³/mol. The van der Waals surface area contributed by atoms with Crippen molar-refractivity contribution in [2.75, 3.05) is 6.61 Å². The number of aryl methyl sites for hydroxylation is 1. The van der Waals surface area contributed by atoms with E-state index in [9.17, 15) is 18.0 Å². The summed E-state index contributed by atoms with van der Waals surface area (Å²) in [6.07, 6.45) is 3.64. The number of sulfonamides is 1. The Morgan fingerprint density at radius 2 is 1.50 bits per heavy atom. The van der Waals surface area contributed by atoms with Crippen molar-refractivity contribution in [2.45, 2.75) is 57.5 Å². The molecule has 0 bridgehead atoms. The summed E-state index contributed by atoms with van der Waals surface area (Å²) >= 11 is 0. The van der Waals surface area contributed by atoms with E-state index in [1.807, 2.05) is 67.6 Å². The van der Waals surface area contributed by atoms with Crippen LogP contribution in [0.1, 0.15) is 50.3 Å². The van der Waals surface area contributed by atoms with Gasteiger partial charge in [-0.3, -0.25) is 9.52 Å². The van der Waals surface area contributed by atoms with Crippen molar-refractivity contribution in [1.29, 1.82) is 0 Å². The normalized spacial score (nSPS) is 19.7. The molecule has 0 amide bonds. The van der Waals surface area contributed by atoms with E-state index in [0.29, 0.717) is 5.57 Å². The first-order chi connectivity index (χ1) is 19.9.